The molecule has 3 N–H and O–H groups in total. The molecule has 0 bridgehead atoms. The van der Waals surface area contributed by atoms with Gasteiger partial charge in [-0.05, 0) is 76.1 Å². The van der Waals surface area contributed by atoms with Crippen LogP contribution < -0.4 is 14.8 Å². The maximum absolute atomic E-state index is 14.7. The van der Waals surface area contributed by atoms with Gasteiger partial charge in [0.25, 0.3) is 11.8 Å². The highest BCUT2D eigenvalue weighted by molar-refractivity contribution is 6.36. The molecular weight excluding hydrogens is 793 g/mol. The minimum Gasteiger partial charge on any atom is -0.508 e. The summed E-state index contributed by atoms with van der Waals surface area (Å²) in [6.45, 7) is 9.70. The average Bonchev–Trinajstić information content (AvgIpc) is 3.14. The van der Waals surface area contributed by atoms with Crippen molar-refractivity contribution in [1.29, 1.82) is 0 Å². The zero-order chi connectivity index (χ0) is 40.4. The van der Waals surface area contributed by atoms with Crippen LogP contribution in [0, 0.1) is 5.82 Å². The summed E-state index contributed by atoms with van der Waals surface area (Å²) in [5.41, 5.74) is 3.86. The lowest BCUT2D eigenvalue weighted by Gasteiger charge is -2.26. The molecule has 1 aliphatic heterocycles. The van der Waals surface area contributed by atoms with E-state index in [2.05, 4.69) is 5.32 Å². The van der Waals surface area contributed by atoms with Crippen molar-refractivity contribution in [1.82, 2.24) is 10.2 Å². The first-order chi connectivity index (χ1) is 26.1. The molecule has 0 saturated carbocycles. The molecule has 0 aliphatic carbocycles. The molecule has 1 saturated heterocycles. The number of nitrogens with one attached hydrogen (secondary N) is 1. The van der Waals surface area contributed by atoms with E-state index >= 15 is 0 Å². The monoisotopic (exact) mass is 836 g/mol. The number of phenols is 2. The van der Waals surface area contributed by atoms with Crippen molar-refractivity contribution >= 4 is 58.2 Å². The average molecular weight is 839 g/mol. The van der Waals surface area contributed by atoms with E-state index in [1.54, 1.807) is 36.9 Å². The van der Waals surface area contributed by atoms with Crippen LogP contribution in [0.4, 0.5) is 4.39 Å². The number of carbonyl (C=O) groups is 2. The number of halogens is 5. The second-order valence-electron chi connectivity index (χ2n) is 13.5. The van der Waals surface area contributed by atoms with Gasteiger partial charge in [0, 0.05) is 58.6 Å². The van der Waals surface area contributed by atoms with Gasteiger partial charge in [0.1, 0.15) is 28.8 Å². The van der Waals surface area contributed by atoms with Crippen molar-refractivity contribution in [3.8, 4) is 23.0 Å². The summed E-state index contributed by atoms with van der Waals surface area (Å²) in [5.74, 6) is 0.226. The number of morpholine rings is 1. The molecule has 55 heavy (non-hydrogen) atoms. The normalized spacial score (nSPS) is 12.7. The molecule has 0 atom stereocenters. The first-order valence-electron chi connectivity index (χ1n) is 17.7. The third kappa shape index (κ3) is 12.0. The first-order valence-corrected chi connectivity index (χ1v) is 19.2. The van der Waals surface area contributed by atoms with Crippen LogP contribution in [0.3, 0.4) is 0 Å². The van der Waals surface area contributed by atoms with Crippen LogP contribution in [-0.4, -0.2) is 73.5 Å². The molecular formula is C41H45Cl4FN2O7. The third-order valence-electron chi connectivity index (χ3n) is 8.88. The Morgan fingerprint density at radius 2 is 1.31 bits per heavy atom. The zero-order valence-electron chi connectivity index (χ0n) is 31.3. The molecule has 0 radical (unpaired) electrons. The van der Waals surface area contributed by atoms with Gasteiger partial charge in [0.15, 0.2) is 13.2 Å². The van der Waals surface area contributed by atoms with E-state index in [0.29, 0.717) is 75.4 Å². The van der Waals surface area contributed by atoms with Crippen LogP contribution in [0.25, 0.3) is 0 Å². The van der Waals surface area contributed by atoms with Gasteiger partial charge < -0.3 is 34.6 Å². The Kier molecular flexibility index (Phi) is 16.2. The number of aromatic hydroxyl groups is 2. The number of nitrogens with zero attached hydrogens (tertiary/aromatic N) is 1. The van der Waals surface area contributed by atoms with Crippen molar-refractivity contribution in [2.45, 2.75) is 52.4 Å². The molecule has 2 amide bonds. The van der Waals surface area contributed by atoms with Crippen LogP contribution in [0.2, 0.25) is 20.1 Å². The lowest BCUT2D eigenvalue weighted by atomic mass is 9.95. The van der Waals surface area contributed by atoms with Gasteiger partial charge in [0.2, 0.25) is 0 Å². The standard InChI is InChI=1S/C22H25Cl2NO4.C19H20Cl2FNO3/c1-14(2)17-9-15(3-4-21(17)26)10-18-19(23)11-16(12-20(18)24)29-13-22(27)25-5-7-28-8-6-25;1-10(2)18-16(24)5-4-11(19(18)22)6-13-14(20)7-12(8-15(13)21)26-9-17(25)23-3/h3-4,9,11-12,14,26H,5-8,10,13H2,1-2H3;4-5,7-8,10,24H,6,9H2,1-3H3,(H,23,25). The smallest absolute Gasteiger partial charge is 0.260 e. The lowest BCUT2D eigenvalue weighted by molar-refractivity contribution is -0.137. The highest BCUT2D eigenvalue weighted by Crippen LogP contribution is 2.37. The van der Waals surface area contributed by atoms with E-state index in [4.69, 9.17) is 60.6 Å². The van der Waals surface area contributed by atoms with E-state index in [-0.39, 0.29) is 60.3 Å². The van der Waals surface area contributed by atoms with Crippen molar-refractivity contribution in [2.75, 3.05) is 46.6 Å². The summed E-state index contributed by atoms with van der Waals surface area (Å²) in [7, 11) is 1.51. The molecule has 0 aromatic heterocycles. The molecule has 0 spiro atoms. The Hall–Kier alpha value is -3.93. The Bertz CT molecular complexity index is 1940. The van der Waals surface area contributed by atoms with Crippen molar-refractivity contribution < 1.29 is 38.4 Å². The second-order valence-corrected chi connectivity index (χ2v) is 15.1. The summed E-state index contributed by atoms with van der Waals surface area (Å²) in [5, 5.41) is 23.9. The number of carbonyl (C=O) groups excluding carboxylic acids is 2. The van der Waals surface area contributed by atoms with Crippen LogP contribution in [0.15, 0.2) is 54.6 Å². The predicted molar refractivity (Wildman–Crippen MR) is 215 cm³/mol. The van der Waals surface area contributed by atoms with Gasteiger partial charge in [-0.3, -0.25) is 9.59 Å². The van der Waals surface area contributed by atoms with Gasteiger partial charge in [-0.2, -0.15) is 0 Å². The summed E-state index contributed by atoms with van der Waals surface area (Å²) >= 11 is 25.5. The van der Waals surface area contributed by atoms with Crippen LogP contribution >= 0.6 is 46.4 Å². The highest BCUT2D eigenvalue weighted by Gasteiger charge is 2.20. The fourth-order valence-electron chi connectivity index (χ4n) is 5.82. The summed E-state index contributed by atoms with van der Waals surface area (Å²) < 4.78 is 30.9. The number of phenolic OH excluding ortho intramolecular Hbond substituents is 2. The molecule has 4 aromatic rings. The molecule has 1 fully saturated rings. The fourth-order valence-corrected chi connectivity index (χ4v) is 7.02. The largest absolute Gasteiger partial charge is 0.508 e. The van der Waals surface area contributed by atoms with Gasteiger partial charge in [-0.25, -0.2) is 4.39 Å². The van der Waals surface area contributed by atoms with Crippen molar-refractivity contribution in [2.24, 2.45) is 0 Å². The Balaban J connectivity index is 0.000000246. The van der Waals surface area contributed by atoms with Crippen molar-refractivity contribution in [3.63, 3.8) is 0 Å². The highest BCUT2D eigenvalue weighted by atomic mass is 35.5. The van der Waals surface area contributed by atoms with E-state index in [1.165, 1.54) is 31.3 Å². The maximum Gasteiger partial charge on any atom is 0.260 e. The topological polar surface area (TPSA) is 118 Å². The van der Waals surface area contributed by atoms with Gasteiger partial charge in [-0.15, -0.1) is 0 Å². The minimum atomic E-state index is -0.466. The molecule has 296 valence electrons. The number of benzene rings is 4. The summed E-state index contributed by atoms with van der Waals surface area (Å²) in [6.07, 6.45) is 0.698. The Labute approximate surface area is 341 Å². The quantitative estimate of drug-likeness (QED) is 0.130. The number of hydrogen-bond acceptors (Lipinski definition) is 7. The zero-order valence-corrected chi connectivity index (χ0v) is 34.3. The molecule has 1 aliphatic rings. The van der Waals surface area contributed by atoms with E-state index < -0.39 is 5.82 Å². The Morgan fingerprint density at radius 1 is 0.782 bits per heavy atom. The molecule has 9 nitrogen and oxygen atoms in total. The molecule has 4 aromatic carbocycles. The lowest BCUT2D eigenvalue weighted by Crippen LogP contribution is -2.42. The number of ether oxygens (including phenoxy) is 3. The summed E-state index contributed by atoms with van der Waals surface area (Å²) in [4.78, 5) is 25.2. The van der Waals surface area contributed by atoms with Gasteiger partial charge in [-0.1, -0.05) is 92.3 Å². The SMILES string of the molecule is CC(C)c1cc(Cc2c(Cl)cc(OCC(=O)N3CCOCC3)cc2Cl)ccc1O.CNC(=O)COc1cc(Cl)c(Cc2ccc(O)c(C(C)C)c2F)c(Cl)c1. The van der Waals surface area contributed by atoms with E-state index in [1.807, 2.05) is 26.0 Å². The predicted octanol–water partition coefficient (Wildman–Crippen LogP) is 9.33. The van der Waals surface area contributed by atoms with Gasteiger partial charge >= 0.3 is 0 Å². The number of likely N-dealkylation sites (N-methyl/N-ethyl adjacent to an activating group) is 1. The van der Waals surface area contributed by atoms with Crippen molar-refractivity contribution in [3.05, 3.63) is 114 Å². The van der Waals surface area contributed by atoms with Crippen LogP contribution in [0.5, 0.6) is 23.0 Å². The van der Waals surface area contributed by atoms with Crippen LogP contribution in [-0.2, 0) is 27.2 Å². The number of rotatable bonds is 12. The van der Waals surface area contributed by atoms with Gasteiger partial charge in [0.05, 0.1) is 13.2 Å². The third-order valence-corrected chi connectivity index (χ3v) is 10.2. The molecule has 0 unspecified atom stereocenters. The summed E-state index contributed by atoms with van der Waals surface area (Å²) in [6, 6.07) is 14.9. The molecule has 1 heterocycles. The Morgan fingerprint density at radius 3 is 1.84 bits per heavy atom. The minimum absolute atomic E-state index is 0.0677. The first kappa shape index (κ1) is 43.8. The molecule has 5 rings (SSSR count). The van der Waals surface area contributed by atoms with Crippen LogP contribution in [0.1, 0.15) is 72.9 Å². The second kappa shape index (κ2) is 20.3. The van der Waals surface area contributed by atoms with E-state index in [9.17, 15) is 24.2 Å². The maximum atomic E-state index is 14.7. The van der Waals surface area contributed by atoms with E-state index in [0.717, 1.165) is 16.7 Å². The fraction of sp³-hybridized carbons (Fsp3) is 0.366. The molecule has 14 heteroatoms. The number of amides is 2. The number of hydrogen-bond donors (Lipinski definition) is 3.